The molecule has 0 aliphatic carbocycles. The molecule has 0 aliphatic rings. The molecule has 0 bridgehead atoms. The number of nitrogens with zero attached hydrogens (tertiary/aromatic N) is 1. The van der Waals surface area contributed by atoms with Crippen LogP contribution in [-0.4, -0.2) is 18.8 Å². The molecule has 4 rings (SSSR count). The Bertz CT molecular complexity index is 999. The standard InChI is InChI=1S/C22H19NO2/c1-24-19-11-7-16(8-12-19)22-15-17-5-3-4-6-21(17)23(22)18-9-13-20(25-2)14-10-18/h3-15H,1-2H3. The van der Waals surface area contributed by atoms with Gasteiger partial charge in [-0.2, -0.15) is 0 Å². The Kier molecular flexibility index (Phi) is 3.90. The molecule has 25 heavy (non-hydrogen) atoms. The molecule has 3 heteroatoms. The number of fused-ring (bicyclic) bond motifs is 1. The largest absolute Gasteiger partial charge is 0.497 e. The topological polar surface area (TPSA) is 23.4 Å². The molecule has 3 nitrogen and oxygen atoms in total. The van der Waals surface area contributed by atoms with Gasteiger partial charge in [-0.25, -0.2) is 0 Å². The van der Waals surface area contributed by atoms with E-state index in [1.807, 2.05) is 24.3 Å². The molecule has 0 unspecified atom stereocenters. The lowest BCUT2D eigenvalue weighted by molar-refractivity contribution is 0.414. The maximum absolute atomic E-state index is 5.29. The first kappa shape index (κ1) is 15.3. The van der Waals surface area contributed by atoms with Gasteiger partial charge >= 0.3 is 0 Å². The average Bonchev–Trinajstić information content (AvgIpc) is 3.07. The summed E-state index contributed by atoms with van der Waals surface area (Å²) in [5, 5.41) is 1.21. The van der Waals surface area contributed by atoms with E-state index >= 15 is 0 Å². The van der Waals surface area contributed by atoms with Gasteiger partial charge in [0.05, 0.1) is 25.4 Å². The number of hydrogen-bond acceptors (Lipinski definition) is 2. The molecule has 0 saturated heterocycles. The Morgan fingerprint density at radius 3 is 1.92 bits per heavy atom. The Labute approximate surface area is 147 Å². The minimum Gasteiger partial charge on any atom is -0.497 e. The van der Waals surface area contributed by atoms with Gasteiger partial charge in [0.2, 0.25) is 0 Å². The first-order valence-electron chi connectivity index (χ1n) is 8.19. The Morgan fingerprint density at radius 2 is 1.28 bits per heavy atom. The fourth-order valence-corrected chi connectivity index (χ4v) is 3.14. The molecule has 0 N–H and O–H groups in total. The molecule has 0 fully saturated rings. The van der Waals surface area contributed by atoms with Crippen LogP contribution in [0, 0.1) is 0 Å². The zero-order valence-electron chi connectivity index (χ0n) is 14.3. The van der Waals surface area contributed by atoms with E-state index in [1.54, 1.807) is 14.2 Å². The Balaban J connectivity index is 1.93. The van der Waals surface area contributed by atoms with Crippen molar-refractivity contribution in [1.29, 1.82) is 0 Å². The van der Waals surface area contributed by atoms with Gasteiger partial charge in [-0.1, -0.05) is 18.2 Å². The number of ether oxygens (including phenoxy) is 2. The molecule has 0 amide bonds. The van der Waals surface area contributed by atoms with Crippen molar-refractivity contribution < 1.29 is 9.47 Å². The van der Waals surface area contributed by atoms with E-state index in [1.165, 1.54) is 10.9 Å². The number of methoxy groups -OCH3 is 2. The van der Waals surface area contributed by atoms with Crippen LogP contribution >= 0.6 is 0 Å². The minimum absolute atomic E-state index is 0.853. The number of aromatic nitrogens is 1. The van der Waals surface area contributed by atoms with Crippen molar-refractivity contribution in [2.45, 2.75) is 0 Å². The summed E-state index contributed by atoms with van der Waals surface area (Å²) in [6.07, 6.45) is 0. The zero-order valence-corrected chi connectivity index (χ0v) is 14.3. The maximum atomic E-state index is 5.29. The highest BCUT2D eigenvalue weighted by Crippen LogP contribution is 2.32. The van der Waals surface area contributed by atoms with Crippen LogP contribution in [0.4, 0.5) is 0 Å². The van der Waals surface area contributed by atoms with Crippen molar-refractivity contribution in [2.75, 3.05) is 14.2 Å². The van der Waals surface area contributed by atoms with Gasteiger partial charge in [0.1, 0.15) is 11.5 Å². The molecule has 4 aromatic rings. The van der Waals surface area contributed by atoms with Crippen LogP contribution in [0.1, 0.15) is 0 Å². The molecular weight excluding hydrogens is 310 g/mol. The molecule has 0 aliphatic heterocycles. The molecule has 1 heterocycles. The highest BCUT2D eigenvalue weighted by atomic mass is 16.5. The smallest absolute Gasteiger partial charge is 0.119 e. The van der Waals surface area contributed by atoms with Crippen molar-refractivity contribution >= 4 is 10.9 Å². The summed E-state index contributed by atoms with van der Waals surface area (Å²) >= 11 is 0. The van der Waals surface area contributed by atoms with Crippen molar-refractivity contribution in [3.8, 4) is 28.4 Å². The van der Waals surface area contributed by atoms with Crippen molar-refractivity contribution in [2.24, 2.45) is 0 Å². The summed E-state index contributed by atoms with van der Waals surface area (Å²) in [5.41, 5.74) is 4.58. The zero-order chi connectivity index (χ0) is 17.2. The van der Waals surface area contributed by atoms with Crippen LogP contribution < -0.4 is 9.47 Å². The second-order valence-corrected chi connectivity index (χ2v) is 5.85. The molecule has 0 radical (unpaired) electrons. The summed E-state index contributed by atoms with van der Waals surface area (Å²) in [6, 6.07) is 27.0. The van der Waals surface area contributed by atoms with E-state index < -0.39 is 0 Å². The summed E-state index contributed by atoms with van der Waals surface area (Å²) < 4.78 is 12.8. The third-order valence-electron chi connectivity index (χ3n) is 4.43. The molecule has 1 aromatic heterocycles. The summed E-state index contributed by atoms with van der Waals surface area (Å²) in [4.78, 5) is 0. The fraction of sp³-hybridized carbons (Fsp3) is 0.0909. The molecule has 3 aromatic carbocycles. The second kappa shape index (κ2) is 6.36. The highest BCUT2D eigenvalue weighted by molar-refractivity contribution is 5.89. The van der Waals surface area contributed by atoms with Gasteiger partial charge in [-0.15, -0.1) is 0 Å². The van der Waals surface area contributed by atoms with Crippen LogP contribution in [-0.2, 0) is 0 Å². The quantitative estimate of drug-likeness (QED) is 0.506. The van der Waals surface area contributed by atoms with E-state index in [0.717, 1.165) is 28.4 Å². The molecule has 0 saturated carbocycles. The number of hydrogen-bond donors (Lipinski definition) is 0. The lowest BCUT2D eigenvalue weighted by Crippen LogP contribution is -1.97. The Hall–Kier alpha value is -3.20. The van der Waals surface area contributed by atoms with Gasteiger partial charge in [0.25, 0.3) is 0 Å². The summed E-state index contributed by atoms with van der Waals surface area (Å²) in [5.74, 6) is 1.71. The third kappa shape index (κ3) is 2.74. The second-order valence-electron chi connectivity index (χ2n) is 5.85. The van der Waals surface area contributed by atoms with Crippen molar-refractivity contribution in [1.82, 2.24) is 4.57 Å². The molecule has 124 valence electrons. The molecular formula is C22H19NO2. The number of para-hydroxylation sites is 1. The van der Waals surface area contributed by atoms with E-state index in [9.17, 15) is 0 Å². The predicted molar refractivity (Wildman–Crippen MR) is 102 cm³/mol. The summed E-state index contributed by atoms with van der Waals surface area (Å²) in [7, 11) is 3.37. The van der Waals surface area contributed by atoms with E-state index in [2.05, 4.69) is 59.2 Å². The maximum Gasteiger partial charge on any atom is 0.119 e. The van der Waals surface area contributed by atoms with Crippen LogP contribution in [0.15, 0.2) is 78.9 Å². The van der Waals surface area contributed by atoms with Crippen molar-refractivity contribution in [3.63, 3.8) is 0 Å². The number of benzene rings is 3. The lowest BCUT2D eigenvalue weighted by atomic mass is 10.1. The third-order valence-corrected chi connectivity index (χ3v) is 4.43. The van der Waals surface area contributed by atoms with Gasteiger partial charge in [-0.05, 0) is 66.2 Å². The summed E-state index contributed by atoms with van der Waals surface area (Å²) in [6.45, 7) is 0. The first-order valence-corrected chi connectivity index (χ1v) is 8.19. The molecule has 0 atom stereocenters. The van der Waals surface area contributed by atoms with E-state index in [-0.39, 0.29) is 0 Å². The fourth-order valence-electron chi connectivity index (χ4n) is 3.14. The van der Waals surface area contributed by atoms with Crippen LogP contribution in [0.2, 0.25) is 0 Å². The van der Waals surface area contributed by atoms with Crippen LogP contribution in [0.5, 0.6) is 11.5 Å². The van der Waals surface area contributed by atoms with Crippen LogP contribution in [0.25, 0.3) is 27.8 Å². The van der Waals surface area contributed by atoms with Gasteiger partial charge in [0, 0.05) is 11.1 Å². The SMILES string of the molecule is COc1ccc(-c2cc3ccccc3n2-c2ccc(OC)cc2)cc1. The van der Waals surface area contributed by atoms with Crippen molar-refractivity contribution in [3.05, 3.63) is 78.9 Å². The lowest BCUT2D eigenvalue weighted by Gasteiger charge is -2.12. The Morgan fingerprint density at radius 1 is 0.680 bits per heavy atom. The average molecular weight is 329 g/mol. The van der Waals surface area contributed by atoms with Crippen LogP contribution in [0.3, 0.4) is 0 Å². The normalized spacial score (nSPS) is 10.8. The van der Waals surface area contributed by atoms with Gasteiger partial charge < -0.3 is 14.0 Å². The predicted octanol–water partition coefficient (Wildman–Crippen LogP) is 5.31. The molecule has 0 spiro atoms. The monoisotopic (exact) mass is 329 g/mol. The van der Waals surface area contributed by atoms with Gasteiger partial charge in [-0.3, -0.25) is 0 Å². The van der Waals surface area contributed by atoms with Gasteiger partial charge in [0.15, 0.2) is 0 Å². The first-order chi connectivity index (χ1) is 12.3. The minimum atomic E-state index is 0.853. The number of rotatable bonds is 4. The highest BCUT2D eigenvalue weighted by Gasteiger charge is 2.12. The van der Waals surface area contributed by atoms with E-state index in [4.69, 9.17) is 9.47 Å². The van der Waals surface area contributed by atoms with E-state index in [0.29, 0.717) is 0 Å².